The van der Waals surface area contributed by atoms with Gasteiger partial charge in [-0.05, 0) is 75.3 Å². The molecule has 144 valence electrons. The minimum Gasteiger partial charge on any atom is -0.488 e. The van der Waals surface area contributed by atoms with E-state index in [1.807, 2.05) is 63.2 Å². The van der Waals surface area contributed by atoms with Crippen molar-refractivity contribution >= 4 is 11.6 Å². The summed E-state index contributed by atoms with van der Waals surface area (Å²) in [5.41, 5.74) is 3.29. The van der Waals surface area contributed by atoms with E-state index in [1.165, 1.54) is 0 Å². The van der Waals surface area contributed by atoms with E-state index in [9.17, 15) is 4.79 Å². The fourth-order valence-corrected chi connectivity index (χ4v) is 3.88. The van der Waals surface area contributed by atoms with Gasteiger partial charge in [0.15, 0.2) is 0 Å². The lowest BCUT2D eigenvalue weighted by Gasteiger charge is -2.27. The summed E-state index contributed by atoms with van der Waals surface area (Å²) in [5.74, 6) is 0.843. The normalized spacial score (nSPS) is 15.5. The number of hydrogen-bond donors (Lipinski definition) is 1. The highest BCUT2D eigenvalue weighted by atomic mass is 16.5. The third kappa shape index (κ3) is 4.51. The van der Waals surface area contributed by atoms with Crippen molar-refractivity contribution in [3.05, 3.63) is 59.2 Å². The monoisotopic (exact) mass is 367 g/mol. The quantitative estimate of drug-likeness (QED) is 0.734. The zero-order chi connectivity index (χ0) is 19.3. The molecule has 0 heterocycles. The predicted octanol–water partition coefficient (Wildman–Crippen LogP) is 5.17. The van der Waals surface area contributed by atoms with E-state index in [2.05, 4.69) is 5.32 Å². The van der Waals surface area contributed by atoms with Crippen LogP contribution in [0, 0.1) is 13.8 Å². The van der Waals surface area contributed by atoms with Gasteiger partial charge in [0.2, 0.25) is 0 Å². The maximum Gasteiger partial charge on any atom is 0.256 e. The van der Waals surface area contributed by atoms with Crippen LogP contribution in [0.2, 0.25) is 0 Å². The second-order valence-electron chi connectivity index (χ2n) is 7.30. The second kappa shape index (κ2) is 8.57. The van der Waals surface area contributed by atoms with Gasteiger partial charge in [-0.25, -0.2) is 0 Å². The largest absolute Gasteiger partial charge is 0.488 e. The van der Waals surface area contributed by atoms with Crippen molar-refractivity contribution in [2.24, 2.45) is 0 Å². The average Bonchev–Trinajstić information content (AvgIpc) is 3.12. The summed E-state index contributed by atoms with van der Waals surface area (Å²) >= 11 is 0. The molecule has 2 aromatic rings. The molecule has 27 heavy (non-hydrogen) atoms. The topological polar surface area (TPSA) is 47.6 Å². The SMILES string of the molecule is CCOC1(C(=O)Nc2cc(C)c(OCc3ccccc3)c(C)c2)CCCC1. The summed E-state index contributed by atoms with van der Waals surface area (Å²) in [6.45, 7) is 7.05. The van der Waals surface area contributed by atoms with E-state index in [0.29, 0.717) is 13.2 Å². The number of carbonyl (C=O) groups is 1. The highest BCUT2D eigenvalue weighted by Crippen LogP contribution is 2.35. The van der Waals surface area contributed by atoms with Gasteiger partial charge in [-0.1, -0.05) is 30.3 Å². The van der Waals surface area contributed by atoms with Gasteiger partial charge in [-0.3, -0.25) is 4.79 Å². The molecule has 0 saturated heterocycles. The van der Waals surface area contributed by atoms with Gasteiger partial charge in [-0.2, -0.15) is 0 Å². The molecule has 0 aliphatic heterocycles. The van der Waals surface area contributed by atoms with Crippen LogP contribution in [0.4, 0.5) is 5.69 Å². The zero-order valence-corrected chi connectivity index (χ0v) is 16.5. The lowest BCUT2D eigenvalue weighted by molar-refractivity contribution is -0.140. The molecule has 4 nitrogen and oxygen atoms in total. The molecular weight excluding hydrogens is 338 g/mol. The molecule has 0 bridgehead atoms. The van der Waals surface area contributed by atoms with Crippen LogP contribution in [0.1, 0.15) is 49.3 Å². The summed E-state index contributed by atoms with van der Waals surface area (Å²) in [7, 11) is 0. The van der Waals surface area contributed by atoms with Crippen molar-refractivity contribution in [1.29, 1.82) is 0 Å². The number of ether oxygens (including phenoxy) is 2. The molecular formula is C23H29NO3. The Kier molecular flexibility index (Phi) is 6.17. The van der Waals surface area contributed by atoms with Crippen LogP contribution in [0.5, 0.6) is 5.75 Å². The van der Waals surface area contributed by atoms with E-state index in [0.717, 1.165) is 53.8 Å². The van der Waals surface area contributed by atoms with Gasteiger partial charge in [0.25, 0.3) is 5.91 Å². The van der Waals surface area contributed by atoms with Crippen LogP contribution in [-0.4, -0.2) is 18.1 Å². The Morgan fingerprint density at radius 2 is 1.70 bits per heavy atom. The number of benzene rings is 2. The van der Waals surface area contributed by atoms with Crippen LogP contribution in [0.15, 0.2) is 42.5 Å². The van der Waals surface area contributed by atoms with Crippen molar-refractivity contribution in [1.82, 2.24) is 0 Å². The number of aryl methyl sites for hydroxylation is 2. The molecule has 0 radical (unpaired) electrons. The fraction of sp³-hybridized carbons (Fsp3) is 0.435. The van der Waals surface area contributed by atoms with Crippen molar-refractivity contribution < 1.29 is 14.3 Å². The minimum absolute atomic E-state index is 0.0291. The number of hydrogen-bond acceptors (Lipinski definition) is 3. The molecule has 1 saturated carbocycles. The zero-order valence-electron chi connectivity index (χ0n) is 16.5. The van der Waals surface area contributed by atoms with Gasteiger partial charge in [-0.15, -0.1) is 0 Å². The van der Waals surface area contributed by atoms with E-state index in [-0.39, 0.29) is 5.91 Å². The first-order chi connectivity index (χ1) is 13.0. The van der Waals surface area contributed by atoms with E-state index >= 15 is 0 Å². The van der Waals surface area contributed by atoms with Gasteiger partial charge in [0.1, 0.15) is 18.0 Å². The first-order valence-electron chi connectivity index (χ1n) is 9.77. The number of anilines is 1. The van der Waals surface area contributed by atoms with E-state index < -0.39 is 5.60 Å². The Morgan fingerprint density at radius 1 is 1.07 bits per heavy atom. The molecule has 1 amide bonds. The second-order valence-corrected chi connectivity index (χ2v) is 7.30. The van der Waals surface area contributed by atoms with Crippen molar-refractivity contribution in [3.8, 4) is 5.75 Å². The van der Waals surface area contributed by atoms with Gasteiger partial charge in [0, 0.05) is 12.3 Å². The minimum atomic E-state index is -0.668. The van der Waals surface area contributed by atoms with Crippen LogP contribution in [0.25, 0.3) is 0 Å². The number of carbonyl (C=O) groups excluding carboxylic acids is 1. The first-order valence-corrected chi connectivity index (χ1v) is 9.77. The third-order valence-electron chi connectivity index (χ3n) is 5.19. The fourth-order valence-electron chi connectivity index (χ4n) is 3.88. The van der Waals surface area contributed by atoms with E-state index in [4.69, 9.17) is 9.47 Å². The van der Waals surface area contributed by atoms with Crippen molar-refractivity contribution in [2.75, 3.05) is 11.9 Å². The summed E-state index contributed by atoms with van der Waals surface area (Å²) in [5, 5.41) is 3.07. The Morgan fingerprint density at radius 3 is 2.30 bits per heavy atom. The molecule has 1 fully saturated rings. The summed E-state index contributed by atoms with van der Waals surface area (Å²) < 4.78 is 11.9. The Balaban J connectivity index is 1.71. The molecule has 2 aromatic carbocycles. The molecule has 0 atom stereocenters. The number of nitrogens with one attached hydrogen (secondary N) is 1. The highest BCUT2D eigenvalue weighted by molar-refractivity contribution is 5.97. The van der Waals surface area contributed by atoms with Crippen LogP contribution >= 0.6 is 0 Å². The lowest BCUT2D eigenvalue weighted by atomic mass is 10.0. The molecule has 1 aliphatic carbocycles. The average molecular weight is 367 g/mol. The third-order valence-corrected chi connectivity index (χ3v) is 5.19. The standard InChI is InChI=1S/C23H29NO3/c1-4-27-23(12-8-9-13-23)22(25)24-20-14-17(2)21(18(3)15-20)26-16-19-10-6-5-7-11-19/h5-7,10-11,14-15H,4,8-9,12-13,16H2,1-3H3,(H,24,25). The Labute approximate surface area is 161 Å². The van der Waals surface area contributed by atoms with Gasteiger partial charge in [0.05, 0.1) is 0 Å². The Hall–Kier alpha value is -2.33. The summed E-state index contributed by atoms with van der Waals surface area (Å²) in [6, 6.07) is 14.1. The van der Waals surface area contributed by atoms with Crippen molar-refractivity contribution in [3.63, 3.8) is 0 Å². The van der Waals surface area contributed by atoms with Crippen LogP contribution in [0.3, 0.4) is 0 Å². The predicted molar refractivity (Wildman–Crippen MR) is 108 cm³/mol. The summed E-state index contributed by atoms with van der Waals surface area (Å²) in [6.07, 6.45) is 3.67. The first kappa shape index (κ1) is 19.4. The van der Waals surface area contributed by atoms with Crippen LogP contribution in [-0.2, 0) is 16.1 Å². The van der Waals surface area contributed by atoms with Crippen LogP contribution < -0.4 is 10.1 Å². The molecule has 1 aliphatic rings. The lowest BCUT2D eigenvalue weighted by Crippen LogP contribution is -2.43. The smallest absolute Gasteiger partial charge is 0.256 e. The van der Waals surface area contributed by atoms with E-state index in [1.54, 1.807) is 0 Å². The van der Waals surface area contributed by atoms with Crippen molar-refractivity contribution in [2.45, 2.75) is 58.7 Å². The summed E-state index contributed by atoms with van der Waals surface area (Å²) in [4.78, 5) is 12.9. The maximum absolute atomic E-state index is 12.9. The van der Waals surface area contributed by atoms with Gasteiger partial charge < -0.3 is 14.8 Å². The molecule has 3 rings (SSSR count). The molecule has 0 unspecified atom stereocenters. The molecule has 4 heteroatoms. The number of amides is 1. The molecule has 0 spiro atoms. The van der Waals surface area contributed by atoms with Gasteiger partial charge >= 0.3 is 0 Å². The maximum atomic E-state index is 12.9. The molecule has 1 N–H and O–H groups in total. The molecule has 0 aromatic heterocycles. The Bertz CT molecular complexity index is 756. The highest BCUT2D eigenvalue weighted by Gasteiger charge is 2.42. The number of rotatable bonds is 7.